The molecule has 0 bridgehead atoms. The van der Waals surface area contributed by atoms with Gasteiger partial charge >= 0.3 is 6.15 Å². The van der Waals surface area contributed by atoms with Crippen molar-refractivity contribution in [1.29, 1.82) is 5.26 Å². The molecule has 1 unspecified atom stereocenters. The highest BCUT2D eigenvalue weighted by Crippen LogP contribution is 2.16. The van der Waals surface area contributed by atoms with Gasteiger partial charge in [0.2, 0.25) is 6.29 Å². The zero-order valence-corrected chi connectivity index (χ0v) is 26.9. The molecule has 19 heteroatoms. The lowest BCUT2D eigenvalue weighted by Gasteiger charge is -2.05. The first-order valence-corrected chi connectivity index (χ1v) is 13.8. The third-order valence-electron chi connectivity index (χ3n) is 5.81. The molecule has 19 nitrogen and oxygen atoms in total. The molecule has 0 radical (unpaired) electrons. The topological polar surface area (TPSA) is 268 Å². The van der Waals surface area contributed by atoms with E-state index >= 15 is 0 Å². The Hall–Kier alpha value is -6.95. The summed E-state index contributed by atoms with van der Waals surface area (Å²) in [6.45, 7) is 11.4. The summed E-state index contributed by atoms with van der Waals surface area (Å²) in [5, 5.41) is 16.6. The third-order valence-corrected chi connectivity index (χ3v) is 5.81. The van der Waals surface area contributed by atoms with Crippen LogP contribution in [-0.4, -0.2) is 104 Å². The van der Waals surface area contributed by atoms with Crippen LogP contribution in [0.3, 0.4) is 0 Å². The Morgan fingerprint density at radius 3 is 2.20 bits per heavy atom. The van der Waals surface area contributed by atoms with Gasteiger partial charge in [-0.1, -0.05) is 6.92 Å². The van der Waals surface area contributed by atoms with Gasteiger partial charge in [-0.05, 0) is 33.5 Å². The zero-order valence-electron chi connectivity index (χ0n) is 26.9. The average Bonchev–Trinajstić information content (AvgIpc) is 3.82. The van der Waals surface area contributed by atoms with Gasteiger partial charge in [-0.15, -0.1) is 0 Å². The van der Waals surface area contributed by atoms with Crippen molar-refractivity contribution < 1.29 is 33.5 Å². The summed E-state index contributed by atoms with van der Waals surface area (Å²) in [6.07, 6.45) is 12.6. The number of fused-ring (bicyclic) bond motifs is 2. The molecule has 5 rings (SSSR count). The number of aliphatic imine (C=N–C) groups is 1. The first-order chi connectivity index (χ1) is 23.4. The number of amidine groups is 1. The molecule has 0 fully saturated rings. The lowest BCUT2D eigenvalue weighted by Crippen LogP contribution is -2.24. The Kier molecular flexibility index (Phi) is 17.1. The lowest BCUT2D eigenvalue weighted by molar-refractivity contribution is -0.191. The van der Waals surface area contributed by atoms with Crippen LogP contribution in [0, 0.1) is 17.9 Å². The number of nitriles is 1. The van der Waals surface area contributed by atoms with Gasteiger partial charge in [0.15, 0.2) is 22.8 Å². The summed E-state index contributed by atoms with van der Waals surface area (Å²) in [5.74, 6) is -0.00461. The van der Waals surface area contributed by atoms with Crippen molar-refractivity contribution in [2.24, 2.45) is 16.5 Å². The van der Waals surface area contributed by atoms with E-state index in [0.29, 0.717) is 42.0 Å². The van der Waals surface area contributed by atoms with Crippen LogP contribution in [0.2, 0.25) is 0 Å². The second-order valence-electron chi connectivity index (χ2n) is 9.52. The number of hydrogen-bond acceptors (Lipinski definition) is 15. The number of nitrogens with two attached hydrogens (primary N) is 2. The van der Waals surface area contributed by atoms with Crippen LogP contribution in [-0.2, 0) is 30.4 Å². The second kappa shape index (κ2) is 21.0. The predicted molar refractivity (Wildman–Crippen MR) is 171 cm³/mol. The summed E-state index contributed by atoms with van der Waals surface area (Å²) in [4.78, 5) is 74.7. The summed E-state index contributed by atoms with van der Waals surface area (Å²) in [5.41, 5.74) is 14.0. The van der Waals surface area contributed by atoms with Crippen molar-refractivity contribution in [3.05, 3.63) is 76.9 Å². The van der Waals surface area contributed by atoms with Gasteiger partial charge in [0.1, 0.15) is 11.9 Å². The van der Waals surface area contributed by atoms with E-state index in [1.54, 1.807) is 29.2 Å². The Morgan fingerprint density at radius 1 is 1.12 bits per heavy atom. The predicted octanol–water partition coefficient (Wildman–Crippen LogP) is -0.149. The van der Waals surface area contributed by atoms with Gasteiger partial charge in [0, 0.05) is 24.2 Å². The monoisotopic (exact) mass is 672 g/mol. The van der Waals surface area contributed by atoms with E-state index in [-0.39, 0.29) is 29.7 Å². The first-order valence-electron chi connectivity index (χ1n) is 13.8. The molecule has 0 saturated carbocycles. The van der Waals surface area contributed by atoms with E-state index < -0.39 is 11.9 Å². The normalized spacial score (nSPS) is 11.4. The lowest BCUT2D eigenvalue weighted by atomic mass is 10.2. The van der Waals surface area contributed by atoms with Crippen LogP contribution in [0.4, 0.5) is 0 Å². The minimum Gasteiger partial charge on any atom is -0.423 e. The molecule has 254 valence electrons. The molecule has 49 heavy (non-hydrogen) atoms. The molecule has 1 atom stereocenters. The van der Waals surface area contributed by atoms with Crippen LogP contribution in [0.25, 0.3) is 16.1 Å². The van der Waals surface area contributed by atoms with E-state index in [0.717, 1.165) is 17.6 Å². The molecular weight excluding hydrogens is 640 g/mol. The number of aromatic nitrogens is 6. The first kappa shape index (κ1) is 40.1. The quantitative estimate of drug-likeness (QED) is 0.182. The fraction of sp³-hybridized carbons (Fsp3) is 0.267. The van der Waals surface area contributed by atoms with Crippen molar-refractivity contribution in [2.75, 3.05) is 27.2 Å². The number of likely N-dealkylation sites (N-methyl/N-ethyl adjacent to an activating group) is 1. The van der Waals surface area contributed by atoms with Crippen molar-refractivity contribution in [2.45, 2.75) is 26.3 Å². The number of amides is 1. The minimum atomic E-state index is -0.599. The molecule has 5 heterocycles. The molecule has 0 aliphatic carbocycles. The SMILES string of the molecule is CC(=O)C1=CCN=C1N.CCc1cnn2cc(C#N)cnc12.NC(=O)c1cnc2c(OC=O)cnn2c1.O=C=O.[C-]#[N+]C(C=O)CN(C)C. The summed E-state index contributed by atoms with van der Waals surface area (Å²) >= 11 is 0. The Morgan fingerprint density at radius 2 is 1.76 bits per heavy atom. The molecule has 4 aromatic heterocycles. The third kappa shape index (κ3) is 12.8. The molecule has 0 saturated heterocycles. The number of ether oxygens (including phenoxy) is 1. The van der Waals surface area contributed by atoms with E-state index in [1.807, 2.05) is 25.1 Å². The standard InChI is InChI=1S/C9H8N4.C8H6N4O3.C6H8N2O.C6H10N2O.CO2/c1-2-8-5-12-13-6-7(3-10)4-11-9(8)13;9-7(14)5-1-10-8-6(15-4-13)2-11-12(8)3-5;1-4(9)5-2-3-8-6(5)7;1-7-6(5-9)4-8(2)3;2-1-3/h4-6H,2H2,1H3;1-4H,(H2,9,14);2H,3H2,1H3,(H2,7,8);5-6H,4H2,2-3H3;. The van der Waals surface area contributed by atoms with Gasteiger partial charge in [-0.25, -0.2) is 25.6 Å². The summed E-state index contributed by atoms with van der Waals surface area (Å²) in [7, 11) is 3.67. The Bertz CT molecular complexity index is 1940. The number of ketones is 1. The molecule has 4 N–H and O–H groups in total. The van der Waals surface area contributed by atoms with Gasteiger partial charge in [-0.3, -0.25) is 24.2 Å². The maximum atomic E-state index is 10.8. The fourth-order valence-electron chi connectivity index (χ4n) is 3.58. The van der Waals surface area contributed by atoms with Gasteiger partial charge < -0.3 is 25.9 Å². The van der Waals surface area contributed by atoms with Crippen LogP contribution in [0.1, 0.15) is 35.3 Å². The number of aryl methyl sites for hydroxylation is 1. The van der Waals surface area contributed by atoms with Crippen LogP contribution in [0.15, 0.2) is 53.8 Å². The van der Waals surface area contributed by atoms with Crippen molar-refractivity contribution in [3.8, 4) is 11.8 Å². The van der Waals surface area contributed by atoms with E-state index in [9.17, 15) is 19.2 Å². The molecule has 0 spiro atoms. The number of hydrogen-bond donors (Lipinski definition) is 2. The van der Waals surface area contributed by atoms with Gasteiger partial charge in [0.05, 0.1) is 48.4 Å². The van der Waals surface area contributed by atoms with Crippen molar-refractivity contribution in [1.82, 2.24) is 34.1 Å². The number of nitrogens with zero attached hydrogens (tertiary/aromatic N) is 10. The van der Waals surface area contributed by atoms with Crippen LogP contribution in [0.5, 0.6) is 5.75 Å². The summed E-state index contributed by atoms with van der Waals surface area (Å²) in [6, 6.07) is 1.54. The molecular formula is C30H32N12O7. The Labute approximate surface area is 279 Å². The smallest absolute Gasteiger partial charge is 0.373 e. The van der Waals surface area contributed by atoms with E-state index in [1.165, 1.54) is 30.0 Å². The van der Waals surface area contributed by atoms with Crippen LogP contribution >= 0.6 is 0 Å². The highest BCUT2D eigenvalue weighted by Gasteiger charge is 2.12. The van der Waals surface area contributed by atoms with Crippen molar-refractivity contribution in [3.63, 3.8) is 0 Å². The second-order valence-corrected chi connectivity index (χ2v) is 9.52. The molecule has 1 amide bonds. The zero-order chi connectivity index (χ0) is 36.9. The van der Waals surface area contributed by atoms with Gasteiger partial charge in [-0.2, -0.15) is 25.0 Å². The van der Waals surface area contributed by atoms with E-state index in [4.69, 9.17) is 32.9 Å². The molecule has 0 aromatic carbocycles. The number of carbonyl (C=O) groups is 4. The Balaban J connectivity index is 0.000000325. The van der Waals surface area contributed by atoms with Crippen molar-refractivity contribution >= 4 is 47.7 Å². The summed E-state index contributed by atoms with van der Waals surface area (Å²) < 4.78 is 7.56. The fourth-order valence-corrected chi connectivity index (χ4v) is 3.58. The number of aldehydes is 1. The van der Waals surface area contributed by atoms with Gasteiger partial charge in [0.25, 0.3) is 18.4 Å². The number of primary amides is 1. The number of rotatable bonds is 8. The van der Waals surface area contributed by atoms with Crippen LogP contribution < -0.4 is 16.2 Å². The highest BCUT2D eigenvalue weighted by atomic mass is 16.5. The maximum Gasteiger partial charge on any atom is 0.373 e. The van der Waals surface area contributed by atoms with E-state index in [2.05, 4.69) is 41.7 Å². The molecule has 1 aliphatic rings. The minimum absolute atomic E-state index is 0.00579. The molecule has 4 aromatic rings. The average molecular weight is 673 g/mol. The number of Topliss-reactive ketones (excluding diaryl/α,β-unsaturated/α-hetero) is 1. The highest BCUT2D eigenvalue weighted by molar-refractivity contribution is 6.21. The number of carbonyl (C=O) groups excluding carboxylic acids is 6. The molecule has 1 aliphatic heterocycles. The largest absolute Gasteiger partial charge is 0.423 e. The maximum absolute atomic E-state index is 10.8.